The van der Waals surface area contributed by atoms with Crippen molar-refractivity contribution in [2.75, 3.05) is 0 Å². The summed E-state index contributed by atoms with van der Waals surface area (Å²) in [6.45, 7) is 3.71. The Bertz CT molecular complexity index is 156. The fraction of sp³-hybridized carbons (Fsp3) is 0.500. The lowest BCUT2D eigenvalue weighted by atomic mass is 9.95. The average Bonchev–Trinajstić information content (AvgIpc) is 1.83. The lowest BCUT2D eigenvalue weighted by Gasteiger charge is -2.16. The second-order valence-corrected chi connectivity index (χ2v) is 2.56. The minimum absolute atomic E-state index is 0.0648. The molecule has 0 nitrogen and oxygen atoms in total. The first kappa shape index (κ1) is 6.53. The van der Waals surface area contributed by atoms with Gasteiger partial charge in [-0.1, -0.05) is 25.2 Å². The topological polar surface area (TPSA) is 0 Å². The van der Waals surface area contributed by atoms with E-state index in [2.05, 4.69) is 0 Å². The van der Waals surface area contributed by atoms with E-state index in [1.807, 2.05) is 32.1 Å². The van der Waals surface area contributed by atoms with Crippen LogP contribution in [0, 0.1) is 5.92 Å². The molecule has 0 saturated heterocycles. The summed E-state index contributed by atoms with van der Waals surface area (Å²) < 4.78 is 12.9. The van der Waals surface area contributed by atoms with Crippen molar-refractivity contribution in [3.63, 3.8) is 0 Å². The van der Waals surface area contributed by atoms with E-state index in [0.717, 1.165) is 5.57 Å². The van der Waals surface area contributed by atoms with Gasteiger partial charge < -0.3 is 0 Å². The summed E-state index contributed by atoms with van der Waals surface area (Å²) in [5.41, 5.74) is 0.838. The third kappa shape index (κ3) is 1.21. The quantitative estimate of drug-likeness (QED) is 0.467. The molecule has 1 aliphatic rings. The Hall–Kier alpha value is -0.590. The third-order valence-corrected chi connectivity index (χ3v) is 1.67. The summed E-state index contributed by atoms with van der Waals surface area (Å²) in [5, 5.41) is 0. The molecule has 0 heterocycles. The smallest absolute Gasteiger partial charge is 0.127 e. The Balaban J connectivity index is 2.73. The van der Waals surface area contributed by atoms with Crippen molar-refractivity contribution in [1.29, 1.82) is 0 Å². The van der Waals surface area contributed by atoms with Crippen LogP contribution in [-0.2, 0) is 0 Å². The van der Waals surface area contributed by atoms with E-state index in [1.54, 1.807) is 0 Å². The fourth-order valence-electron chi connectivity index (χ4n) is 0.987. The van der Waals surface area contributed by atoms with Crippen molar-refractivity contribution in [3.8, 4) is 0 Å². The van der Waals surface area contributed by atoms with Crippen LogP contribution in [0.2, 0.25) is 0 Å². The van der Waals surface area contributed by atoms with Crippen molar-refractivity contribution in [3.05, 3.63) is 23.8 Å². The SMILES string of the molecule is CC1=CC=C[C@H](C)C1F. The Labute approximate surface area is 55.1 Å². The van der Waals surface area contributed by atoms with E-state index in [9.17, 15) is 4.39 Å². The standard InChI is InChI=1S/C8H11F/c1-6-4-3-5-7(2)8(6)9/h3-6,8H,1-2H3/t6-,8?/m0/s1. The van der Waals surface area contributed by atoms with E-state index in [-0.39, 0.29) is 5.92 Å². The van der Waals surface area contributed by atoms with E-state index in [1.165, 1.54) is 0 Å². The van der Waals surface area contributed by atoms with Crippen LogP contribution in [0.5, 0.6) is 0 Å². The molecule has 0 N–H and O–H groups in total. The summed E-state index contributed by atoms with van der Waals surface area (Å²) in [6.07, 6.45) is 4.87. The summed E-state index contributed by atoms with van der Waals surface area (Å²) in [6, 6.07) is 0. The molecule has 1 rings (SSSR count). The number of hydrogen-bond acceptors (Lipinski definition) is 0. The van der Waals surface area contributed by atoms with Crippen LogP contribution in [-0.4, -0.2) is 6.17 Å². The molecule has 0 spiro atoms. The molecule has 2 atom stereocenters. The first-order valence-corrected chi connectivity index (χ1v) is 3.21. The fourth-order valence-corrected chi connectivity index (χ4v) is 0.987. The summed E-state index contributed by atoms with van der Waals surface area (Å²) in [7, 11) is 0. The first-order chi connectivity index (χ1) is 4.22. The highest BCUT2D eigenvalue weighted by Gasteiger charge is 2.16. The van der Waals surface area contributed by atoms with E-state index >= 15 is 0 Å². The van der Waals surface area contributed by atoms with Crippen molar-refractivity contribution in [2.45, 2.75) is 20.0 Å². The molecule has 0 amide bonds. The molecule has 0 aromatic carbocycles. The molecule has 0 aromatic heterocycles. The second-order valence-electron chi connectivity index (χ2n) is 2.56. The number of halogens is 1. The molecule has 1 heteroatoms. The Morgan fingerprint density at radius 2 is 2.22 bits per heavy atom. The molecular weight excluding hydrogens is 115 g/mol. The van der Waals surface area contributed by atoms with Gasteiger partial charge in [-0.3, -0.25) is 0 Å². The van der Waals surface area contributed by atoms with E-state index in [4.69, 9.17) is 0 Å². The van der Waals surface area contributed by atoms with Crippen LogP contribution in [0.3, 0.4) is 0 Å². The maximum Gasteiger partial charge on any atom is 0.127 e. The lowest BCUT2D eigenvalue weighted by molar-refractivity contribution is 0.317. The minimum atomic E-state index is -0.755. The van der Waals surface area contributed by atoms with Gasteiger partial charge >= 0.3 is 0 Å². The summed E-state index contributed by atoms with van der Waals surface area (Å²) >= 11 is 0. The molecule has 0 fully saturated rings. The van der Waals surface area contributed by atoms with Gasteiger partial charge in [-0.05, 0) is 12.5 Å². The van der Waals surface area contributed by atoms with Gasteiger partial charge in [-0.15, -0.1) is 0 Å². The van der Waals surface area contributed by atoms with Crippen LogP contribution in [0.4, 0.5) is 4.39 Å². The van der Waals surface area contributed by atoms with Crippen LogP contribution in [0.25, 0.3) is 0 Å². The Morgan fingerprint density at radius 3 is 2.67 bits per heavy atom. The van der Waals surface area contributed by atoms with Gasteiger partial charge in [0.15, 0.2) is 0 Å². The molecule has 0 radical (unpaired) electrons. The van der Waals surface area contributed by atoms with Gasteiger partial charge in [0.25, 0.3) is 0 Å². The highest BCUT2D eigenvalue weighted by Crippen LogP contribution is 2.20. The normalized spacial score (nSPS) is 34.3. The van der Waals surface area contributed by atoms with E-state index in [0.29, 0.717) is 0 Å². The van der Waals surface area contributed by atoms with Gasteiger partial charge in [0.2, 0.25) is 0 Å². The minimum Gasteiger partial charge on any atom is -0.242 e. The zero-order chi connectivity index (χ0) is 6.85. The Kier molecular flexibility index (Phi) is 1.70. The second kappa shape index (κ2) is 2.34. The number of hydrogen-bond donors (Lipinski definition) is 0. The molecule has 0 aromatic rings. The third-order valence-electron chi connectivity index (χ3n) is 1.67. The van der Waals surface area contributed by atoms with Gasteiger partial charge in [-0.2, -0.15) is 0 Å². The highest BCUT2D eigenvalue weighted by molar-refractivity contribution is 5.22. The molecule has 9 heavy (non-hydrogen) atoms. The Morgan fingerprint density at radius 1 is 1.56 bits per heavy atom. The van der Waals surface area contributed by atoms with Crippen molar-refractivity contribution >= 4 is 0 Å². The number of alkyl halides is 1. The average molecular weight is 126 g/mol. The highest BCUT2D eigenvalue weighted by atomic mass is 19.1. The van der Waals surface area contributed by atoms with Crippen LogP contribution in [0.1, 0.15) is 13.8 Å². The molecule has 50 valence electrons. The predicted octanol–water partition coefficient (Wildman–Crippen LogP) is 2.48. The van der Waals surface area contributed by atoms with Gasteiger partial charge in [-0.25, -0.2) is 4.39 Å². The number of allylic oxidation sites excluding steroid dienone is 4. The summed E-state index contributed by atoms with van der Waals surface area (Å²) in [4.78, 5) is 0. The van der Waals surface area contributed by atoms with Crippen LogP contribution in [0.15, 0.2) is 23.8 Å². The maximum atomic E-state index is 12.9. The predicted molar refractivity (Wildman–Crippen MR) is 37.0 cm³/mol. The molecule has 1 aliphatic carbocycles. The van der Waals surface area contributed by atoms with Crippen molar-refractivity contribution in [1.82, 2.24) is 0 Å². The van der Waals surface area contributed by atoms with Gasteiger partial charge in [0, 0.05) is 5.92 Å². The molecule has 0 bridgehead atoms. The van der Waals surface area contributed by atoms with Crippen molar-refractivity contribution < 1.29 is 4.39 Å². The van der Waals surface area contributed by atoms with Gasteiger partial charge in [0.1, 0.15) is 6.17 Å². The van der Waals surface area contributed by atoms with E-state index < -0.39 is 6.17 Å². The zero-order valence-corrected chi connectivity index (χ0v) is 5.76. The molecule has 0 saturated carbocycles. The maximum absolute atomic E-state index is 12.9. The van der Waals surface area contributed by atoms with Crippen molar-refractivity contribution in [2.24, 2.45) is 5.92 Å². The van der Waals surface area contributed by atoms with Crippen LogP contribution >= 0.6 is 0 Å². The zero-order valence-electron chi connectivity index (χ0n) is 5.76. The molecule has 0 aliphatic heterocycles. The number of rotatable bonds is 0. The molecular formula is C8H11F. The summed E-state index contributed by atoms with van der Waals surface area (Å²) in [5.74, 6) is 0.0648. The largest absolute Gasteiger partial charge is 0.242 e. The monoisotopic (exact) mass is 126 g/mol. The van der Waals surface area contributed by atoms with Crippen LogP contribution < -0.4 is 0 Å². The lowest BCUT2D eigenvalue weighted by Crippen LogP contribution is -2.13. The molecule has 1 unspecified atom stereocenters. The first-order valence-electron chi connectivity index (χ1n) is 3.21. The van der Waals surface area contributed by atoms with Gasteiger partial charge in [0.05, 0.1) is 0 Å².